The van der Waals surface area contributed by atoms with Crippen LogP contribution in [0.4, 0.5) is 0 Å². The molecule has 0 saturated heterocycles. The molecule has 0 bridgehead atoms. The Hall–Kier alpha value is -1.06. The minimum atomic E-state index is 0.674. The van der Waals surface area contributed by atoms with Crippen LogP contribution in [0.2, 0.25) is 0 Å². The highest BCUT2D eigenvalue weighted by molar-refractivity contribution is 6.17. The van der Waals surface area contributed by atoms with E-state index in [1.807, 2.05) is 11.7 Å². The maximum atomic E-state index is 5.87. The van der Waals surface area contributed by atoms with Crippen LogP contribution in [0.25, 0.3) is 10.9 Å². The van der Waals surface area contributed by atoms with Gasteiger partial charge in [0.25, 0.3) is 0 Å². The summed E-state index contributed by atoms with van der Waals surface area (Å²) in [7, 11) is 2.00. The van der Waals surface area contributed by atoms with Crippen LogP contribution in [-0.4, -0.2) is 22.2 Å². The van der Waals surface area contributed by atoms with E-state index in [0.29, 0.717) is 5.92 Å². The van der Waals surface area contributed by atoms with Crippen LogP contribution in [0.5, 0.6) is 0 Å². The first-order valence-electron chi connectivity index (χ1n) is 7.43. The lowest BCUT2D eigenvalue weighted by Crippen LogP contribution is -2.23. The van der Waals surface area contributed by atoms with Crippen molar-refractivity contribution in [3.63, 3.8) is 0 Å². The number of hydrogen-bond acceptors (Lipinski definition) is 2. The van der Waals surface area contributed by atoms with Crippen molar-refractivity contribution in [2.24, 2.45) is 13.0 Å². The highest BCUT2D eigenvalue weighted by atomic mass is 35.5. The van der Waals surface area contributed by atoms with Gasteiger partial charge in [0.1, 0.15) is 0 Å². The minimum absolute atomic E-state index is 0.674. The van der Waals surface area contributed by atoms with Crippen molar-refractivity contribution in [2.75, 3.05) is 12.4 Å². The van der Waals surface area contributed by atoms with E-state index in [0.717, 1.165) is 31.1 Å². The van der Waals surface area contributed by atoms with Gasteiger partial charge in [0.15, 0.2) is 0 Å². The standard InChI is InChI=1S/C16H24ClN3/c1-3-6-13(9-10-17)11-18-12-15-14-7-4-5-8-16(14)20(2)19-15/h4-5,7-8,13,18H,3,6,9-12H2,1-2H3. The summed E-state index contributed by atoms with van der Waals surface area (Å²) in [5.41, 5.74) is 2.32. The Morgan fingerprint density at radius 2 is 2.10 bits per heavy atom. The summed E-state index contributed by atoms with van der Waals surface area (Å²) in [4.78, 5) is 0. The molecule has 0 saturated carbocycles. The van der Waals surface area contributed by atoms with Gasteiger partial charge in [0.2, 0.25) is 0 Å². The molecular weight excluding hydrogens is 270 g/mol. The third-order valence-electron chi connectivity index (χ3n) is 3.77. The molecule has 0 spiro atoms. The van der Waals surface area contributed by atoms with Crippen LogP contribution in [0.1, 0.15) is 31.9 Å². The van der Waals surface area contributed by atoms with E-state index < -0.39 is 0 Å². The summed E-state index contributed by atoms with van der Waals surface area (Å²) in [5, 5.41) is 9.39. The summed E-state index contributed by atoms with van der Waals surface area (Å²) in [6.07, 6.45) is 3.55. The zero-order valence-electron chi connectivity index (χ0n) is 12.4. The van der Waals surface area contributed by atoms with E-state index in [9.17, 15) is 0 Å². The molecular formula is C16H24ClN3. The monoisotopic (exact) mass is 293 g/mol. The third kappa shape index (κ3) is 3.74. The summed E-state index contributed by atoms with van der Waals surface area (Å²) >= 11 is 5.87. The fourth-order valence-corrected chi connectivity index (χ4v) is 3.03. The molecule has 110 valence electrons. The second-order valence-electron chi connectivity index (χ2n) is 5.35. The third-order valence-corrected chi connectivity index (χ3v) is 3.99. The molecule has 0 aliphatic rings. The predicted molar refractivity (Wildman–Crippen MR) is 86.2 cm³/mol. The van der Waals surface area contributed by atoms with Crippen molar-refractivity contribution in [3.8, 4) is 0 Å². The van der Waals surface area contributed by atoms with Gasteiger partial charge in [-0.3, -0.25) is 4.68 Å². The second kappa shape index (κ2) is 7.65. The average molecular weight is 294 g/mol. The maximum Gasteiger partial charge on any atom is 0.0841 e. The molecule has 2 rings (SSSR count). The van der Waals surface area contributed by atoms with Gasteiger partial charge in [-0.25, -0.2) is 0 Å². The number of alkyl halides is 1. The Bertz CT molecular complexity index is 530. The molecule has 0 aliphatic heterocycles. The molecule has 1 N–H and O–H groups in total. The first-order valence-corrected chi connectivity index (χ1v) is 7.97. The Labute approximate surface area is 126 Å². The molecule has 1 atom stereocenters. The highest BCUT2D eigenvalue weighted by Gasteiger charge is 2.10. The number of aryl methyl sites for hydroxylation is 1. The number of para-hydroxylation sites is 1. The zero-order chi connectivity index (χ0) is 14.4. The SMILES string of the molecule is CCCC(CCCl)CNCc1nn(C)c2ccccc12. The summed E-state index contributed by atoms with van der Waals surface area (Å²) in [6, 6.07) is 8.38. The Balaban J connectivity index is 1.95. The van der Waals surface area contributed by atoms with Gasteiger partial charge in [0.05, 0.1) is 11.2 Å². The molecule has 1 unspecified atom stereocenters. The van der Waals surface area contributed by atoms with Crippen LogP contribution < -0.4 is 5.32 Å². The van der Waals surface area contributed by atoms with Crippen molar-refractivity contribution < 1.29 is 0 Å². The number of aromatic nitrogens is 2. The van der Waals surface area contributed by atoms with Gasteiger partial charge in [0, 0.05) is 24.9 Å². The number of hydrogen-bond donors (Lipinski definition) is 1. The van der Waals surface area contributed by atoms with Crippen molar-refractivity contribution >= 4 is 22.5 Å². The fourth-order valence-electron chi connectivity index (χ4n) is 2.72. The molecule has 2 aromatic rings. The lowest BCUT2D eigenvalue weighted by atomic mass is 10.0. The first-order chi connectivity index (χ1) is 9.76. The van der Waals surface area contributed by atoms with Crippen LogP contribution in [0, 0.1) is 5.92 Å². The van der Waals surface area contributed by atoms with Crippen molar-refractivity contribution in [2.45, 2.75) is 32.7 Å². The summed E-state index contributed by atoms with van der Waals surface area (Å²) in [5.74, 6) is 1.42. The molecule has 3 nitrogen and oxygen atoms in total. The van der Waals surface area contributed by atoms with Crippen molar-refractivity contribution in [1.82, 2.24) is 15.1 Å². The van der Waals surface area contributed by atoms with E-state index in [1.165, 1.54) is 23.7 Å². The predicted octanol–water partition coefficient (Wildman–Crippen LogP) is 3.71. The molecule has 0 amide bonds. The largest absolute Gasteiger partial charge is 0.311 e. The van der Waals surface area contributed by atoms with Gasteiger partial charge >= 0.3 is 0 Å². The normalized spacial score (nSPS) is 12.9. The molecule has 0 fully saturated rings. The Morgan fingerprint density at radius 3 is 2.85 bits per heavy atom. The number of halogens is 1. The average Bonchev–Trinajstić information content (AvgIpc) is 2.77. The Kier molecular flexibility index (Phi) is 5.86. The lowest BCUT2D eigenvalue weighted by Gasteiger charge is -2.15. The van der Waals surface area contributed by atoms with Crippen LogP contribution in [0.15, 0.2) is 24.3 Å². The van der Waals surface area contributed by atoms with Gasteiger partial charge < -0.3 is 5.32 Å². The van der Waals surface area contributed by atoms with E-state index >= 15 is 0 Å². The first kappa shape index (κ1) is 15.3. The highest BCUT2D eigenvalue weighted by Crippen LogP contribution is 2.17. The Morgan fingerprint density at radius 1 is 1.30 bits per heavy atom. The van der Waals surface area contributed by atoms with Gasteiger partial charge in [-0.15, -0.1) is 11.6 Å². The number of nitrogens with one attached hydrogen (secondary N) is 1. The summed E-state index contributed by atoms with van der Waals surface area (Å²) < 4.78 is 1.95. The van der Waals surface area contributed by atoms with Crippen LogP contribution in [0.3, 0.4) is 0 Å². The summed E-state index contributed by atoms with van der Waals surface area (Å²) in [6.45, 7) is 4.07. The van der Waals surface area contributed by atoms with E-state index in [1.54, 1.807) is 0 Å². The number of benzene rings is 1. The van der Waals surface area contributed by atoms with Gasteiger partial charge in [-0.2, -0.15) is 5.10 Å². The molecule has 20 heavy (non-hydrogen) atoms. The minimum Gasteiger partial charge on any atom is -0.311 e. The molecule has 0 aliphatic carbocycles. The quantitative estimate of drug-likeness (QED) is 0.752. The van der Waals surface area contributed by atoms with Crippen molar-refractivity contribution in [1.29, 1.82) is 0 Å². The molecule has 1 heterocycles. The van der Waals surface area contributed by atoms with Gasteiger partial charge in [-0.1, -0.05) is 31.5 Å². The number of fused-ring (bicyclic) bond motifs is 1. The molecule has 1 aromatic carbocycles. The fraction of sp³-hybridized carbons (Fsp3) is 0.562. The van der Waals surface area contributed by atoms with E-state index in [2.05, 4.69) is 41.6 Å². The van der Waals surface area contributed by atoms with E-state index in [4.69, 9.17) is 11.6 Å². The van der Waals surface area contributed by atoms with Crippen LogP contribution >= 0.6 is 11.6 Å². The number of rotatable bonds is 8. The van der Waals surface area contributed by atoms with Gasteiger partial charge in [-0.05, 0) is 31.4 Å². The van der Waals surface area contributed by atoms with Crippen molar-refractivity contribution in [3.05, 3.63) is 30.0 Å². The number of nitrogens with zero attached hydrogens (tertiary/aromatic N) is 2. The smallest absolute Gasteiger partial charge is 0.0841 e. The second-order valence-corrected chi connectivity index (χ2v) is 5.73. The maximum absolute atomic E-state index is 5.87. The molecule has 4 heteroatoms. The molecule has 0 radical (unpaired) electrons. The topological polar surface area (TPSA) is 29.9 Å². The lowest BCUT2D eigenvalue weighted by molar-refractivity contribution is 0.429. The van der Waals surface area contributed by atoms with E-state index in [-0.39, 0.29) is 0 Å². The zero-order valence-corrected chi connectivity index (χ0v) is 13.2. The van der Waals surface area contributed by atoms with Crippen LogP contribution in [-0.2, 0) is 13.6 Å². The molecule has 1 aromatic heterocycles.